The lowest BCUT2D eigenvalue weighted by Gasteiger charge is -2.19. The van der Waals surface area contributed by atoms with E-state index < -0.39 is 24.1 Å². The predicted octanol–water partition coefficient (Wildman–Crippen LogP) is 1.27. The number of aliphatic hydroxyl groups is 1. The number of aliphatic carboxylic acids is 1. The Morgan fingerprint density at radius 1 is 1.29 bits per heavy atom. The van der Waals surface area contributed by atoms with Crippen molar-refractivity contribution < 1.29 is 24.5 Å². The van der Waals surface area contributed by atoms with Gasteiger partial charge in [-0.15, -0.1) is 0 Å². The van der Waals surface area contributed by atoms with Gasteiger partial charge in [0.25, 0.3) is 0 Å². The highest BCUT2D eigenvalue weighted by Crippen LogP contribution is 2.25. The summed E-state index contributed by atoms with van der Waals surface area (Å²) in [6, 6.07) is 2.95. The number of carbonyl (C=O) groups excluding carboxylic acids is 1. The fraction of sp³-hybridized carbons (Fsp3) is 0.429. The lowest BCUT2D eigenvalue weighted by atomic mass is 10.1. The van der Waals surface area contributed by atoms with Crippen molar-refractivity contribution in [1.82, 2.24) is 5.32 Å². The van der Waals surface area contributed by atoms with E-state index in [1.807, 2.05) is 13.8 Å². The van der Waals surface area contributed by atoms with Crippen LogP contribution in [0.4, 0.5) is 10.5 Å². The average Bonchev–Trinajstić information content (AvgIpc) is 2.40. The van der Waals surface area contributed by atoms with Crippen molar-refractivity contribution in [2.45, 2.75) is 26.4 Å². The first kappa shape index (κ1) is 16.8. The summed E-state index contributed by atoms with van der Waals surface area (Å²) in [6.07, 6.45) is 0. The molecule has 7 nitrogen and oxygen atoms in total. The van der Waals surface area contributed by atoms with E-state index in [0.717, 1.165) is 18.1 Å². The molecule has 0 spiro atoms. The highest BCUT2D eigenvalue weighted by molar-refractivity contribution is 5.91. The van der Waals surface area contributed by atoms with E-state index in [-0.39, 0.29) is 0 Å². The minimum atomic E-state index is -2.01. The number of carbonyl (C=O) groups is 2. The van der Waals surface area contributed by atoms with Gasteiger partial charge in [-0.05, 0) is 44.0 Å². The van der Waals surface area contributed by atoms with Gasteiger partial charge in [-0.25, -0.2) is 9.59 Å². The molecule has 0 aromatic heterocycles. The first-order valence-electron chi connectivity index (χ1n) is 6.33. The van der Waals surface area contributed by atoms with Crippen molar-refractivity contribution in [3.63, 3.8) is 0 Å². The molecule has 7 heteroatoms. The summed E-state index contributed by atoms with van der Waals surface area (Å²) >= 11 is 0. The quantitative estimate of drug-likeness (QED) is 0.654. The topological polar surface area (TPSA) is 108 Å². The SMILES string of the molecule is COc1cc(C)c(NC(=O)NCC(C)(O)C(=O)O)cc1C. The van der Waals surface area contributed by atoms with E-state index in [0.29, 0.717) is 11.4 Å². The van der Waals surface area contributed by atoms with Crippen molar-refractivity contribution in [3.8, 4) is 5.75 Å². The second kappa shape index (κ2) is 6.45. The number of benzene rings is 1. The van der Waals surface area contributed by atoms with E-state index in [2.05, 4.69) is 10.6 Å². The molecule has 0 saturated carbocycles. The Morgan fingerprint density at radius 2 is 1.90 bits per heavy atom. The van der Waals surface area contributed by atoms with Crippen LogP contribution in [0.3, 0.4) is 0 Å². The van der Waals surface area contributed by atoms with Gasteiger partial charge in [-0.1, -0.05) is 0 Å². The molecule has 1 aromatic rings. The Morgan fingerprint density at radius 3 is 2.43 bits per heavy atom. The number of nitrogens with one attached hydrogen (secondary N) is 2. The number of carboxylic acids is 1. The summed E-state index contributed by atoms with van der Waals surface area (Å²) in [5.74, 6) is -0.688. The average molecular weight is 296 g/mol. The zero-order chi connectivity index (χ0) is 16.2. The number of hydrogen-bond donors (Lipinski definition) is 4. The predicted molar refractivity (Wildman–Crippen MR) is 77.7 cm³/mol. The van der Waals surface area contributed by atoms with Crippen molar-refractivity contribution in [1.29, 1.82) is 0 Å². The van der Waals surface area contributed by atoms with Crippen LogP contribution in [0.25, 0.3) is 0 Å². The van der Waals surface area contributed by atoms with Crippen LogP contribution in [0.2, 0.25) is 0 Å². The third-order valence-electron chi connectivity index (χ3n) is 3.04. The Hall–Kier alpha value is -2.28. The summed E-state index contributed by atoms with van der Waals surface area (Å²) < 4.78 is 5.18. The lowest BCUT2D eigenvalue weighted by molar-refractivity contribution is -0.155. The zero-order valence-corrected chi connectivity index (χ0v) is 12.5. The first-order chi connectivity index (χ1) is 9.67. The first-order valence-corrected chi connectivity index (χ1v) is 6.33. The molecule has 0 radical (unpaired) electrons. The second-order valence-electron chi connectivity index (χ2n) is 5.02. The monoisotopic (exact) mass is 296 g/mol. The fourth-order valence-corrected chi connectivity index (χ4v) is 1.64. The number of ether oxygens (including phenoxy) is 1. The standard InChI is InChI=1S/C14H20N2O5/c1-8-6-11(21-4)9(2)5-10(8)16-13(19)15-7-14(3,20)12(17)18/h5-6,20H,7H2,1-4H3,(H,17,18)(H2,15,16,19). The Kier molecular flexibility index (Phi) is 5.15. The molecule has 0 aliphatic heterocycles. The Bertz CT molecular complexity index is 555. The van der Waals surface area contributed by atoms with E-state index in [1.165, 1.54) is 0 Å². The summed E-state index contributed by atoms with van der Waals surface area (Å²) in [7, 11) is 1.57. The minimum Gasteiger partial charge on any atom is -0.496 e. The number of methoxy groups -OCH3 is 1. The molecule has 2 amide bonds. The van der Waals surface area contributed by atoms with Crippen LogP contribution in [-0.4, -0.2) is 41.5 Å². The van der Waals surface area contributed by atoms with Gasteiger partial charge in [0.1, 0.15) is 5.75 Å². The van der Waals surface area contributed by atoms with Crippen LogP contribution in [0.5, 0.6) is 5.75 Å². The van der Waals surface area contributed by atoms with Crippen molar-refractivity contribution in [2.75, 3.05) is 19.0 Å². The number of anilines is 1. The molecule has 1 unspecified atom stereocenters. The van der Waals surface area contributed by atoms with E-state index in [4.69, 9.17) is 9.84 Å². The van der Waals surface area contributed by atoms with Gasteiger partial charge in [-0.2, -0.15) is 0 Å². The number of amides is 2. The van der Waals surface area contributed by atoms with Crippen molar-refractivity contribution in [3.05, 3.63) is 23.3 Å². The molecule has 4 N–H and O–H groups in total. The molecule has 1 atom stereocenters. The molecular weight excluding hydrogens is 276 g/mol. The molecule has 116 valence electrons. The van der Waals surface area contributed by atoms with Crippen LogP contribution in [0.15, 0.2) is 12.1 Å². The van der Waals surface area contributed by atoms with Crippen LogP contribution in [-0.2, 0) is 4.79 Å². The van der Waals surface area contributed by atoms with Crippen LogP contribution >= 0.6 is 0 Å². The van der Waals surface area contributed by atoms with E-state index in [9.17, 15) is 14.7 Å². The molecule has 0 aliphatic rings. The Balaban J connectivity index is 2.72. The van der Waals surface area contributed by atoms with Gasteiger partial charge < -0.3 is 25.6 Å². The third kappa shape index (κ3) is 4.35. The van der Waals surface area contributed by atoms with Crippen LogP contribution in [0.1, 0.15) is 18.1 Å². The Labute approximate surface area is 122 Å². The third-order valence-corrected chi connectivity index (χ3v) is 3.04. The zero-order valence-electron chi connectivity index (χ0n) is 12.5. The number of rotatable bonds is 5. The largest absolute Gasteiger partial charge is 0.496 e. The normalized spacial score (nSPS) is 13.2. The molecule has 0 fully saturated rings. The molecule has 21 heavy (non-hydrogen) atoms. The fourth-order valence-electron chi connectivity index (χ4n) is 1.64. The molecule has 0 bridgehead atoms. The molecule has 0 saturated heterocycles. The smallest absolute Gasteiger partial charge is 0.337 e. The van der Waals surface area contributed by atoms with Gasteiger partial charge in [0.05, 0.1) is 13.7 Å². The summed E-state index contributed by atoms with van der Waals surface area (Å²) in [5.41, 5.74) is 0.233. The van der Waals surface area contributed by atoms with E-state index in [1.54, 1.807) is 19.2 Å². The maximum Gasteiger partial charge on any atom is 0.337 e. The molecule has 1 rings (SSSR count). The minimum absolute atomic E-state index is 0.400. The number of urea groups is 1. The highest BCUT2D eigenvalue weighted by atomic mass is 16.5. The maximum absolute atomic E-state index is 11.7. The van der Waals surface area contributed by atoms with Crippen molar-refractivity contribution >= 4 is 17.7 Å². The summed E-state index contributed by atoms with van der Waals surface area (Å²) in [5, 5.41) is 23.2. The molecule has 1 aromatic carbocycles. The number of hydrogen-bond acceptors (Lipinski definition) is 4. The van der Waals surface area contributed by atoms with Gasteiger partial charge >= 0.3 is 12.0 Å². The van der Waals surface area contributed by atoms with Gasteiger partial charge in [-0.3, -0.25) is 0 Å². The van der Waals surface area contributed by atoms with Crippen LogP contribution < -0.4 is 15.4 Å². The van der Waals surface area contributed by atoms with Crippen LogP contribution in [0, 0.1) is 13.8 Å². The molecule has 0 heterocycles. The van der Waals surface area contributed by atoms with Gasteiger partial charge in [0.2, 0.25) is 0 Å². The second-order valence-corrected chi connectivity index (χ2v) is 5.02. The lowest BCUT2D eigenvalue weighted by Crippen LogP contribution is -2.47. The number of aryl methyl sites for hydroxylation is 2. The van der Waals surface area contributed by atoms with Gasteiger partial charge in [0, 0.05) is 5.69 Å². The van der Waals surface area contributed by atoms with Gasteiger partial charge in [0.15, 0.2) is 5.60 Å². The summed E-state index contributed by atoms with van der Waals surface area (Å²) in [4.78, 5) is 22.5. The maximum atomic E-state index is 11.7. The number of carboxylic acid groups (broad SMARTS) is 1. The summed E-state index contributed by atoms with van der Waals surface area (Å²) in [6.45, 7) is 4.36. The van der Waals surface area contributed by atoms with E-state index >= 15 is 0 Å². The molecule has 0 aliphatic carbocycles. The molecular formula is C14H20N2O5. The van der Waals surface area contributed by atoms with Crippen molar-refractivity contribution in [2.24, 2.45) is 0 Å². The highest BCUT2D eigenvalue weighted by Gasteiger charge is 2.30.